The van der Waals surface area contributed by atoms with Crippen molar-refractivity contribution in [3.05, 3.63) is 59.8 Å². The zero-order chi connectivity index (χ0) is 11.4. The van der Waals surface area contributed by atoms with Crippen molar-refractivity contribution in [3.8, 4) is 0 Å². The quantitative estimate of drug-likeness (QED) is 0.841. The van der Waals surface area contributed by atoms with Gasteiger partial charge in [0, 0.05) is 11.7 Å². The van der Waals surface area contributed by atoms with Crippen LogP contribution in [-0.4, -0.2) is 4.98 Å². The second-order valence-electron chi connectivity index (χ2n) is 3.94. The van der Waals surface area contributed by atoms with Gasteiger partial charge in [-0.25, -0.2) is 4.98 Å². The summed E-state index contributed by atoms with van der Waals surface area (Å²) in [4.78, 5) is 4.43. The van der Waals surface area contributed by atoms with Crippen molar-refractivity contribution in [2.75, 3.05) is 5.32 Å². The van der Waals surface area contributed by atoms with E-state index in [1.165, 1.54) is 5.56 Å². The van der Waals surface area contributed by atoms with Crippen LogP contribution in [0.25, 0.3) is 0 Å². The molecule has 0 aliphatic rings. The second kappa shape index (κ2) is 4.79. The molecule has 0 amide bonds. The van der Waals surface area contributed by atoms with Crippen LogP contribution >= 0.6 is 0 Å². The molecule has 2 aromatic rings. The van der Waals surface area contributed by atoms with E-state index in [9.17, 15) is 0 Å². The van der Waals surface area contributed by atoms with Gasteiger partial charge in [0.25, 0.3) is 0 Å². The van der Waals surface area contributed by atoms with Gasteiger partial charge in [-0.2, -0.15) is 0 Å². The minimum atomic E-state index is 0.274. The Balaban J connectivity index is 2.11. The van der Waals surface area contributed by atoms with Crippen LogP contribution in [0, 0.1) is 6.92 Å². The lowest BCUT2D eigenvalue weighted by molar-refractivity contribution is 0.872. The average Bonchev–Trinajstić information content (AvgIpc) is 2.30. The fourth-order valence-corrected chi connectivity index (χ4v) is 1.67. The molecule has 2 heteroatoms. The summed E-state index contributed by atoms with van der Waals surface area (Å²) in [6, 6.07) is 16.7. The Morgan fingerprint density at radius 3 is 2.44 bits per heavy atom. The molecule has 0 fully saturated rings. The molecule has 0 spiro atoms. The maximum Gasteiger partial charge on any atom is 0.126 e. The Morgan fingerprint density at radius 2 is 1.75 bits per heavy atom. The summed E-state index contributed by atoms with van der Waals surface area (Å²) in [5.41, 5.74) is 2.30. The minimum absolute atomic E-state index is 0.274. The summed E-state index contributed by atoms with van der Waals surface area (Å²) in [7, 11) is 0. The maximum atomic E-state index is 4.43. The van der Waals surface area contributed by atoms with Crippen LogP contribution in [0.15, 0.2) is 48.5 Å². The van der Waals surface area contributed by atoms with Crippen LogP contribution in [0.4, 0.5) is 5.82 Å². The Hall–Kier alpha value is -1.83. The maximum absolute atomic E-state index is 4.43. The molecule has 0 aliphatic carbocycles. The van der Waals surface area contributed by atoms with E-state index in [0.717, 1.165) is 11.5 Å². The van der Waals surface area contributed by atoms with Crippen molar-refractivity contribution in [3.63, 3.8) is 0 Å². The number of hydrogen-bond donors (Lipinski definition) is 1. The normalized spacial score (nSPS) is 12.1. The number of nitrogens with zero attached hydrogens (tertiary/aromatic N) is 1. The first-order valence-electron chi connectivity index (χ1n) is 5.51. The van der Waals surface area contributed by atoms with Crippen LogP contribution in [0.5, 0.6) is 0 Å². The fraction of sp³-hybridized carbons (Fsp3) is 0.214. The Labute approximate surface area is 96.4 Å². The third-order valence-electron chi connectivity index (χ3n) is 2.55. The lowest BCUT2D eigenvalue weighted by Crippen LogP contribution is -2.07. The molecule has 2 nitrogen and oxygen atoms in total. The number of hydrogen-bond acceptors (Lipinski definition) is 2. The van der Waals surface area contributed by atoms with Crippen LogP contribution < -0.4 is 5.32 Å². The molecule has 1 N–H and O–H groups in total. The van der Waals surface area contributed by atoms with E-state index < -0.39 is 0 Å². The highest BCUT2D eigenvalue weighted by Crippen LogP contribution is 2.17. The first-order valence-corrected chi connectivity index (χ1v) is 5.51. The molecule has 0 bridgehead atoms. The fourth-order valence-electron chi connectivity index (χ4n) is 1.67. The number of pyridine rings is 1. The second-order valence-corrected chi connectivity index (χ2v) is 3.94. The molecule has 1 heterocycles. The molecule has 2 rings (SSSR count). The summed E-state index contributed by atoms with van der Waals surface area (Å²) >= 11 is 0. The molecule has 1 aromatic carbocycles. The van der Waals surface area contributed by atoms with Crippen molar-refractivity contribution < 1.29 is 0 Å². The van der Waals surface area contributed by atoms with Gasteiger partial charge in [-0.3, -0.25) is 0 Å². The molecule has 16 heavy (non-hydrogen) atoms. The molecule has 0 saturated carbocycles. The highest BCUT2D eigenvalue weighted by Gasteiger charge is 2.04. The van der Waals surface area contributed by atoms with Gasteiger partial charge in [-0.15, -0.1) is 0 Å². The predicted octanol–water partition coefficient (Wildman–Crippen LogP) is 3.56. The van der Waals surface area contributed by atoms with Gasteiger partial charge in [0.05, 0.1) is 0 Å². The first-order chi connectivity index (χ1) is 7.75. The molecule has 0 aliphatic heterocycles. The van der Waals surface area contributed by atoms with Crippen LogP contribution in [0.1, 0.15) is 24.2 Å². The van der Waals surface area contributed by atoms with Gasteiger partial charge in [-0.05, 0) is 31.5 Å². The van der Waals surface area contributed by atoms with E-state index in [1.54, 1.807) is 0 Å². The number of anilines is 1. The zero-order valence-corrected chi connectivity index (χ0v) is 9.64. The van der Waals surface area contributed by atoms with E-state index in [4.69, 9.17) is 0 Å². The van der Waals surface area contributed by atoms with E-state index in [0.29, 0.717) is 0 Å². The third kappa shape index (κ3) is 2.60. The van der Waals surface area contributed by atoms with Gasteiger partial charge in [0.15, 0.2) is 0 Å². The highest BCUT2D eigenvalue weighted by atomic mass is 15.0. The molecular weight excluding hydrogens is 196 g/mol. The van der Waals surface area contributed by atoms with E-state index >= 15 is 0 Å². The smallest absolute Gasteiger partial charge is 0.126 e. The monoisotopic (exact) mass is 212 g/mol. The standard InChI is InChI=1S/C14H16N2/c1-11-7-6-10-14(15-11)16-12(2)13-8-4-3-5-9-13/h3-10,12H,1-2H3,(H,15,16). The van der Waals surface area contributed by atoms with Crippen molar-refractivity contribution in [2.24, 2.45) is 0 Å². The SMILES string of the molecule is Cc1cccc(NC(C)c2ccccc2)n1. The third-order valence-corrected chi connectivity index (χ3v) is 2.55. The molecule has 0 saturated heterocycles. The number of aryl methyl sites for hydroxylation is 1. The summed E-state index contributed by atoms with van der Waals surface area (Å²) < 4.78 is 0. The summed E-state index contributed by atoms with van der Waals surface area (Å²) in [6.07, 6.45) is 0. The van der Waals surface area contributed by atoms with Gasteiger partial charge >= 0.3 is 0 Å². The topological polar surface area (TPSA) is 24.9 Å². The lowest BCUT2D eigenvalue weighted by atomic mass is 10.1. The van der Waals surface area contributed by atoms with Gasteiger partial charge in [-0.1, -0.05) is 36.4 Å². The van der Waals surface area contributed by atoms with Crippen molar-refractivity contribution in [1.82, 2.24) is 4.98 Å². The van der Waals surface area contributed by atoms with Gasteiger partial charge in [0.1, 0.15) is 5.82 Å². The van der Waals surface area contributed by atoms with Crippen LogP contribution in [-0.2, 0) is 0 Å². The zero-order valence-electron chi connectivity index (χ0n) is 9.64. The number of nitrogens with one attached hydrogen (secondary N) is 1. The van der Waals surface area contributed by atoms with Crippen molar-refractivity contribution in [2.45, 2.75) is 19.9 Å². The van der Waals surface area contributed by atoms with Gasteiger partial charge < -0.3 is 5.32 Å². The Bertz CT molecular complexity index is 451. The number of aromatic nitrogens is 1. The van der Waals surface area contributed by atoms with Crippen LogP contribution in [0.3, 0.4) is 0 Å². The van der Waals surface area contributed by atoms with Crippen molar-refractivity contribution in [1.29, 1.82) is 0 Å². The van der Waals surface area contributed by atoms with Gasteiger partial charge in [0.2, 0.25) is 0 Å². The highest BCUT2D eigenvalue weighted by molar-refractivity contribution is 5.38. The predicted molar refractivity (Wildman–Crippen MR) is 67.5 cm³/mol. The molecule has 0 radical (unpaired) electrons. The minimum Gasteiger partial charge on any atom is -0.364 e. The lowest BCUT2D eigenvalue weighted by Gasteiger charge is -2.14. The molecular formula is C14H16N2. The molecule has 1 atom stereocenters. The Morgan fingerprint density at radius 1 is 1.00 bits per heavy atom. The summed E-state index contributed by atoms with van der Waals surface area (Å²) in [5.74, 6) is 0.927. The van der Waals surface area contributed by atoms with Crippen molar-refractivity contribution >= 4 is 5.82 Å². The number of benzene rings is 1. The first kappa shape index (κ1) is 10.7. The largest absolute Gasteiger partial charge is 0.364 e. The van der Waals surface area contributed by atoms with Crippen LogP contribution in [0.2, 0.25) is 0 Å². The Kier molecular flexibility index (Phi) is 3.20. The van der Waals surface area contributed by atoms with E-state index in [-0.39, 0.29) is 6.04 Å². The molecule has 1 aromatic heterocycles. The van der Waals surface area contributed by atoms with E-state index in [2.05, 4.69) is 41.5 Å². The molecule has 82 valence electrons. The number of rotatable bonds is 3. The summed E-state index contributed by atoms with van der Waals surface area (Å²) in [6.45, 7) is 4.14. The molecule has 1 unspecified atom stereocenters. The van der Waals surface area contributed by atoms with E-state index in [1.807, 2.05) is 31.2 Å². The average molecular weight is 212 g/mol. The summed E-state index contributed by atoms with van der Waals surface area (Å²) in [5, 5.41) is 3.39.